The molecule has 35 heavy (non-hydrogen) atoms. The van der Waals surface area contributed by atoms with E-state index >= 15 is 0 Å². The van der Waals surface area contributed by atoms with Crippen molar-refractivity contribution in [2.45, 2.75) is 52.2 Å². The van der Waals surface area contributed by atoms with Crippen molar-refractivity contribution in [1.29, 1.82) is 0 Å². The van der Waals surface area contributed by atoms with Crippen LogP contribution >= 0.6 is 0 Å². The summed E-state index contributed by atoms with van der Waals surface area (Å²) in [6.07, 6.45) is 1.13. The summed E-state index contributed by atoms with van der Waals surface area (Å²) >= 11 is 0. The number of anilines is 1. The van der Waals surface area contributed by atoms with Crippen LogP contribution in [0.15, 0.2) is 12.1 Å². The molecule has 3 aromatic rings. The summed E-state index contributed by atoms with van der Waals surface area (Å²) in [7, 11) is 0. The minimum Gasteiger partial charge on any atom is -0.454 e. The maximum atomic E-state index is 14.1. The minimum atomic E-state index is -0.980. The highest BCUT2D eigenvalue weighted by Crippen LogP contribution is 2.35. The molecular formula is C24H29FN6O4. The summed E-state index contributed by atoms with van der Waals surface area (Å²) in [5, 5.41) is 9.57. The van der Waals surface area contributed by atoms with E-state index in [2.05, 4.69) is 9.97 Å². The van der Waals surface area contributed by atoms with Crippen molar-refractivity contribution >= 4 is 22.9 Å². The topological polar surface area (TPSA) is 129 Å². The van der Waals surface area contributed by atoms with E-state index in [0.29, 0.717) is 48.9 Å². The van der Waals surface area contributed by atoms with Crippen LogP contribution in [0.3, 0.4) is 0 Å². The molecule has 0 spiro atoms. The number of hydrogen-bond donors (Lipinski definition) is 2. The van der Waals surface area contributed by atoms with E-state index in [1.807, 2.05) is 23.6 Å². The molecule has 4 heterocycles. The Hall–Kier alpha value is -3.47. The normalized spacial score (nSPS) is 16.7. The van der Waals surface area contributed by atoms with Gasteiger partial charge >= 0.3 is 6.08 Å². The van der Waals surface area contributed by atoms with Crippen LogP contribution in [0.5, 0.6) is 11.5 Å². The number of fused-ring (bicyclic) bond motifs is 2. The fraction of sp³-hybridized carbons (Fsp3) is 0.500. The average molecular weight is 485 g/mol. The first kappa shape index (κ1) is 23.3. The number of nitrogen functional groups attached to an aromatic ring is 1. The molecule has 1 aromatic carbocycles. The van der Waals surface area contributed by atoms with Gasteiger partial charge in [-0.3, -0.25) is 4.79 Å². The number of benzene rings is 1. The molecule has 3 N–H and O–H groups in total. The zero-order valence-corrected chi connectivity index (χ0v) is 19.8. The predicted octanol–water partition coefficient (Wildman–Crippen LogP) is 2.19. The fourth-order valence-electron chi connectivity index (χ4n) is 4.87. The number of ether oxygens (including phenoxy) is 2. The number of aromatic nitrogens is 4. The summed E-state index contributed by atoms with van der Waals surface area (Å²) in [6, 6.07) is 3.90. The number of nitrogens with two attached hydrogens (primary N) is 1. The lowest BCUT2D eigenvalue weighted by molar-refractivity contribution is -0.140. The van der Waals surface area contributed by atoms with Gasteiger partial charge in [0, 0.05) is 26.1 Å². The van der Waals surface area contributed by atoms with Gasteiger partial charge in [-0.05, 0) is 62.3 Å². The van der Waals surface area contributed by atoms with Gasteiger partial charge in [0.1, 0.15) is 11.9 Å². The Bertz CT molecular complexity index is 1270. The number of halogens is 1. The monoisotopic (exact) mass is 484 g/mol. The molecule has 0 saturated carbocycles. The zero-order chi connectivity index (χ0) is 24.7. The van der Waals surface area contributed by atoms with Gasteiger partial charge in [0.05, 0.1) is 0 Å². The van der Waals surface area contributed by atoms with Crippen LogP contribution in [0.2, 0.25) is 0 Å². The number of nitrogens with zero attached hydrogens (tertiary/aromatic N) is 5. The summed E-state index contributed by atoms with van der Waals surface area (Å²) in [5.74, 6) is 2.30. The van der Waals surface area contributed by atoms with E-state index in [0.717, 1.165) is 42.0 Å². The molecule has 1 amide bonds. The third-order valence-corrected chi connectivity index (χ3v) is 6.90. The van der Waals surface area contributed by atoms with Crippen molar-refractivity contribution in [1.82, 2.24) is 24.4 Å². The molecule has 0 aliphatic carbocycles. The molecule has 5 rings (SSSR count). The number of piperidine rings is 1. The Balaban J connectivity index is 1.38. The standard InChI is InChI=1S/C24H29FN6O4/c1-13-9-17-18(35-12-34-17)10-16(13)11-19-27-20-21(26)28-24(25)29-22(20)31(19)8-5-15-3-6-30(7-4-15)23(33)14(2)32/h9-10,14-15,32H,3-8,11-12H2,1-2H3,(H2,26,28,29)/t14-/m0/s1. The first-order valence-electron chi connectivity index (χ1n) is 11.8. The second-order valence-electron chi connectivity index (χ2n) is 9.27. The Morgan fingerprint density at radius 3 is 2.66 bits per heavy atom. The van der Waals surface area contributed by atoms with Gasteiger partial charge in [0.25, 0.3) is 5.91 Å². The van der Waals surface area contributed by atoms with E-state index in [1.165, 1.54) is 6.92 Å². The summed E-state index contributed by atoms with van der Waals surface area (Å²) in [5.41, 5.74) is 8.80. The SMILES string of the molecule is Cc1cc2c(cc1Cc1nc3c(N)nc(F)nc3n1CCC1CCN(C(=O)[C@H](C)O)CC1)OCO2. The number of imidazole rings is 1. The number of aliphatic hydroxyl groups excluding tert-OH is 1. The largest absolute Gasteiger partial charge is 0.454 e. The van der Waals surface area contributed by atoms with Crippen LogP contribution < -0.4 is 15.2 Å². The number of aliphatic hydroxyl groups is 1. The molecule has 2 aliphatic rings. The lowest BCUT2D eigenvalue weighted by Gasteiger charge is -2.32. The highest BCUT2D eigenvalue weighted by Gasteiger charge is 2.26. The smallest absolute Gasteiger partial charge is 0.312 e. The molecule has 186 valence electrons. The molecule has 0 unspecified atom stereocenters. The Labute approximate surface area is 201 Å². The lowest BCUT2D eigenvalue weighted by atomic mass is 9.93. The van der Waals surface area contributed by atoms with Gasteiger partial charge in [-0.2, -0.15) is 14.4 Å². The summed E-state index contributed by atoms with van der Waals surface area (Å²) < 4.78 is 27.0. The Morgan fingerprint density at radius 1 is 1.23 bits per heavy atom. The molecule has 0 radical (unpaired) electrons. The third kappa shape index (κ3) is 4.60. The highest BCUT2D eigenvalue weighted by atomic mass is 19.1. The molecule has 1 fully saturated rings. The number of likely N-dealkylation sites (tertiary alicyclic amines) is 1. The third-order valence-electron chi connectivity index (χ3n) is 6.90. The van der Waals surface area contributed by atoms with E-state index < -0.39 is 12.2 Å². The first-order chi connectivity index (χ1) is 16.8. The highest BCUT2D eigenvalue weighted by molar-refractivity contribution is 5.82. The fourth-order valence-corrected chi connectivity index (χ4v) is 4.87. The summed E-state index contributed by atoms with van der Waals surface area (Å²) in [6.45, 7) is 5.51. The van der Waals surface area contributed by atoms with Gasteiger partial charge in [-0.1, -0.05) is 0 Å². The van der Waals surface area contributed by atoms with Gasteiger partial charge in [0.15, 0.2) is 28.5 Å². The maximum absolute atomic E-state index is 14.1. The van der Waals surface area contributed by atoms with Gasteiger partial charge in [-0.25, -0.2) is 4.98 Å². The van der Waals surface area contributed by atoms with Crippen LogP contribution in [0.1, 0.15) is 43.1 Å². The molecule has 1 atom stereocenters. The van der Waals surface area contributed by atoms with Crippen molar-refractivity contribution < 1.29 is 23.8 Å². The summed E-state index contributed by atoms with van der Waals surface area (Å²) in [4.78, 5) is 26.1. The molecule has 0 bridgehead atoms. The molecule has 2 aliphatic heterocycles. The molecule has 2 aromatic heterocycles. The van der Waals surface area contributed by atoms with E-state index in [-0.39, 0.29) is 18.5 Å². The van der Waals surface area contributed by atoms with Crippen molar-refractivity contribution in [2.24, 2.45) is 5.92 Å². The second kappa shape index (κ2) is 9.29. The molecule has 10 nitrogen and oxygen atoms in total. The zero-order valence-electron chi connectivity index (χ0n) is 19.8. The second-order valence-corrected chi connectivity index (χ2v) is 9.27. The first-order valence-corrected chi connectivity index (χ1v) is 11.8. The molecule has 1 saturated heterocycles. The van der Waals surface area contributed by atoms with Crippen LogP contribution in [0.4, 0.5) is 10.2 Å². The van der Waals surface area contributed by atoms with Crippen molar-refractivity contribution in [3.05, 3.63) is 35.2 Å². The van der Waals surface area contributed by atoms with E-state index in [1.54, 1.807) is 4.90 Å². The molecular weight excluding hydrogens is 455 g/mol. The van der Waals surface area contributed by atoms with Crippen molar-refractivity contribution in [3.63, 3.8) is 0 Å². The van der Waals surface area contributed by atoms with Crippen LogP contribution in [0.25, 0.3) is 11.2 Å². The Kier molecular flexibility index (Phi) is 6.18. The maximum Gasteiger partial charge on any atom is 0.312 e. The molecule has 11 heteroatoms. The van der Waals surface area contributed by atoms with Crippen LogP contribution in [-0.4, -0.2) is 61.4 Å². The number of rotatable bonds is 6. The number of carbonyl (C=O) groups excluding carboxylic acids is 1. The number of hydrogen-bond acceptors (Lipinski definition) is 8. The number of aryl methyl sites for hydroxylation is 2. The number of amides is 1. The number of carbonyl (C=O) groups is 1. The minimum absolute atomic E-state index is 0.0138. The van der Waals surface area contributed by atoms with E-state index in [9.17, 15) is 14.3 Å². The van der Waals surface area contributed by atoms with Crippen molar-refractivity contribution in [3.8, 4) is 11.5 Å². The van der Waals surface area contributed by atoms with E-state index in [4.69, 9.17) is 20.2 Å². The predicted molar refractivity (Wildman–Crippen MR) is 125 cm³/mol. The Morgan fingerprint density at radius 2 is 1.94 bits per heavy atom. The van der Waals surface area contributed by atoms with Gasteiger partial charge in [-0.15, -0.1) is 0 Å². The van der Waals surface area contributed by atoms with Crippen LogP contribution in [-0.2, 0) is 17.8 Å². The quantitative estimate of drug-likeness (QED) is 0.510. The van der Waals surface area contributed by atoms with Crippen molar-refractivity contribution in [2.75, 3.05) is 25.6 Å². The van der Waals surface area contributed by atoms with Gasteiger partial charge < -0.3 is 29.8 Å². The average Bonchev–Trinajstić information content (AvgIpc) is 3.41. The lowest BCUT2D eigenvalue weighted by Crippen LogP contribution is -2.43. The van der Waals surface area contributed by atoms with Gasteiger partial charge in [0.2, 0.25) is 6.79 Å². The van der Waals surface area contributed by atoms with Crippen LogP contribution in [0, 0.1) is 18.9 Å².